The van der Waals surface area contributed by atoms with Gasteiger partial charge in [0, 0.05) is 22.6 Å². The molecule has 6 heteroatoms. The summed E-state index contributed by atoms with van der Waals surface area (Å²) in [5.74, 6) is -0.541. The lowest BCUT2D eigenvalue weighted by atomic mass is 10.0. The fraction of sp³-hybridized carbons (Fsp3) is 0.240. The zero-order chi connectivity index (χ0) is 22.5. The molecule has 31 heavy (non-hydrogen) atoms. The summed E-state index contributed by atoms with van der Waals surface area (Å²) in [6, 6.07) is 15.3. The van der Waals surface area contributed by atoms with E-state index in [1.54, 1.807) is 18.3 Å². The second kappa shape index (κ2) is 9.43. The number of aromatic nitrogens is 1. The highest BCUT2D eigenvalue weighted by molar-refractivity contribution is 5.90. The maximum atomic E-state index is 12.3. The van der Waals surface area contributed by atoms with Gasteiger partial charge in [0.1, 0.15) is 0 Å². The number of ether oxygens (including phenoxy) is 1. The Hall–Kier alpha value is -3.67. The Balaban J connectivity index is 1.74. The van der Waals surface area contributed by atoms with Crippen molar-refractivity contribution in [1.82, 2.24) is 9.99 Å². The second-order valence-electron chi connectivity index (χ2n) is 7.60. The predicted octanol–water partition coefficient (Wildman–Crippen LogP) is 4.19. The third-order valence-electron chi connectivity index (χ3n) is 5.24. The van der Waals surface area contributed by atoms with Crippen LogP contribution in [0.4, 0.5) is 0 Å². The summed E-state index contributed by atoms with van der Waals surface area (Å²) in [5.41, 5.74) is 10.0. The molecule has 160 valence electrons. The Kier molecular flexibility index (Phi) is 6.70. The van der Waals surface area contributed by atoms with E-state index < -0.39 is 0 Å². The quantitative estimate of drug-likeness (QED) is 0.371. The second-order valence-corrected chi connectivity index (χ2v) is 7.60. The number of aryl methyl sites for hydroxylation is 3. The van der Waals surface area contributed by atoms with Crippen molar-refractivity contribution >= 4 is 18.1 Å². The summed E-state index contributed by atoms with van der Waals surface area (Å²) in [5, 5.41) is 4.14. The first-order valence-corrected chi connectivity index (χ1v) is 10.1. The Morgan fingerprint density at radius 2 is 1.84 bits per heavy atom. The lowest BCUT2D eigenvalue weighted by Crippen LogP contribution is -2.20. The van der Waals surface area contributed by atoms with Crippen molar-refractivity contribution in [2.24, 2.45) is 5.10 Å². The fourth-order valence-corrected chi connectivity index (χ4v) is 3.64. The average molecular weight is 418 g/mol. The topological polar surface area (TPSA) is 72.7 Å². The van der Waals surface area contributed by atoms with Crippen molar-refractivity contribution in [3.05, 3.63) is 87.7 Å². The molecule has 3 rings (SSSR count). The molecule has 0 aliphatic carbocycles. The number of hydrazone groups is 1. The summed E-state index contributed by atoms with van der Waals surface area (Å²) in [6.07, 6.45) is 1.92. The lowest BCUT2D eigenvalue weighted by Gasteiger charge is -2.11. The van der Waals surface area contributed by atoms with Crippen molar-refractivity contribution in [1.29, 1.82) is 0 Å². The molecule has 0 saturated carbocycles. The molecular weight excluding hydrogens is 390 g/mol. The van der Waals surface area contributed by atoms with Crippen LogP contribution in [0.5, 0.6) is 0 Å². The molecular formula is C25H27N3O3. The summed E-state index contributed by atoms with van der Waals surface area (Å²) < 4.78 is 6.85. The van der Waals surface area contributed by atoms with E-state index in [-0.39, 0.29) is 18.3 Å². The van der Waals surface area contributed by atoms with E-state index in [2.05, 4.69) is 16.6 Å². The molecule has 0 atom stereocenters. The lowest BCUT2D eigenvalue weighted by molar-refractivity contribution is -0.120. The van der Waals surface area contributed by atoms with E-state index in [1.807, 2.05) is 62.6 Å². The molecule has 3 aromatic rings. The number of nitrogens with zero attached hydrogens (tertiary/aromatic N) is 2. The number of hydrogen-bond acceptors (Lipinski definition) is 4. The highest BCUT2D eigenvalue weighted by Gasteiger charge is 2.12. The minimum absolute atomic E-state index is 0.164. The molecule has 1 N–H and O–H groups in total. The van der Waals surface area contributed by atoms with Gasteiger partial charge >= 0.3 is 5.97 Å². The van der Waals surface area contributed by atoms with E-state index in [0.29, 0.717) is 5.56 Å². The van der Waals surface area contributed by atoms with Crippen LogP contribution in [-0.4, -0.2) is 29.8 Å². The van der Waals surface area contributed by atoms with Crippen LogP contribution in [0.15, 0.2) is 53.6 Å². The number of methoxy groups -OCH3 is 1. The SMILES string of the molecule is COC(=O)c1cccc(-n2c(C)cc(/C=N\NC(=O)Cc3ccc(C)cc3C)c2C)c1. The number of rotatable bonds is 6. The Bertz CT molecular complexity index is 1160. The molecule has 0 aliphatic rings. The van der Waals surface area contributed by atoms with Gasteiger partial charge in [-0.15, -0.1) is 0 Å². The van der Waals surface area contributed by atoms with Gasteiger partial charge in [-0.3, -0.25) is 4.79 Å². The van der Waals surface area contributed by atoms with Gasteiger partial charge in [-0.05, 0) is 63.1 Å². The van der Waals surface area contributed by atoms with E-state index in [4.69, 9.17) is 4.74 Å². The number of benzene rings is 2. The summed E-state index contributed by atoms with van der Waals surface area (Å²) in [4.78, 5) is 24.1. The Labute approximate surface area is 182 Å². The maximum Gasteiger partial charge on any atom is 0.337 e. The zero-order valence-corrected chi connectivity index (χ0v) is 18.5. The molecule has 0 saturated heterocycles. The van der Waals surface area contributed by atoms with Crippen LogP contribution in [0.3, 0.4) is 0 Å². The molecule has 0 fully saturated rings. The number of carbonyl (C=O) groups excluding carboxylic acids is 2. The molecule has 1 amide bonds. The van der Waals surface area contributed by atoms with Crippen LogP contribution in [-0.2, 0) is 16.0 Å². The van der Waals surface area contributed by atoms with E-state index in [9.17, 15) is 9.59 Å². The Morgan fingerprint density at radius 1 is 1.06 bits per heavy atom. The average Bonchev–Trinajstić information content (AvgIpc) is 3.02. The molecule has 0 aliphatic heterocycles. The van der Waals surface area contributed by atoms with Crippen molar-refractivity contribution in [2.75, 3.05) is 7.11 Å². The van der Waals surface area contributed by atoms with Crippen LogP contribution in [0.1, 0.15) is 44.0 Å². The summed E-state index contributed by atoms with van der Waals surface area (Å²) >= 11 is 0. The highest BCUT2D eigenvalue weighted by atomic mass is 16.5. The normalized spacial score (nSPS) is 11.0. The van der Waals surface area contributed by atoms with Gasteiger partial charge in [-0.25, -0.2) is 10.2 Å². The molecule has 1 aromatic heterocycles. The van der Waals surface area contributed by atoms with Crippen molar-refractivity contribution in [3.8, 4) is 5.69 Å². The predicted molar refractivity (Wildman–Crippen MR) is 122 cm³/mol. The number of hydrogen-bond donors (Lipinski definition) is 1. The van der Waals surface area contributed by atoms with Gasteiger partial charge in [-0.1, -0.05) is 29.8 Å². The number of carbonyl (C=O) groups is 2. The molecule has 0 spiro atoms. The molecule has 0 radical (unpaired) electrons. The van der Waals surface area contributed by atoms with Gasteiger partial charge in [0.15, 0.2) is 0 Å². The Morgan fingerprint density at radius 3 is 2.55 bits per heavy atom. The monoisotopic (exact) mass is 417 g/mol. The molecule has 2 aromatic carbocycles. The first-order valence-electron chi connectivity index (χ1n) is 10.1. The van der Waals surface area contributed by atoms with Crippen LogP contribution < -0.4 is 5.43 Å². The van der Waals surface area contributed by atoms with Gasteiger partial charge in [0.05, 0.1) is 25.3 Å². The van der Waals surface area contributed by atoms with Crippen LogP contribution in [0, 0.1) is 27.7 Å². The molecule has 1 heterocycles. The van der Waals surface area contributed by atoms with Crippen LogP contribution in [0.2, 0.25) is 0 Å². The number of amides is 1. The maximum absolute atomic E-state index is 12.3. The van der Waals surface area contributed by atoms with Gasteiger partial charge in [-0.2, -0.15) is 5.10 Å². The molecule has 0 unspecified atom stereocenters. The first-order chi connectivity index (χ1) is 14.8. The van der Waals surface area contributed by atoms with Gasteiger partial charge in [0.25, 0.3) is 0 Å². The van der Waals surface area contributed by atoms with E-state index in [1.165, 1.54) is 12.7 Å². The van der Waals surface area contributed by atoms with Crippen LogP contribution >= 0.6 is 0 Å². The molecule has 0 bridgehead atoms. The van der Waals surface area contributed by atoms with E-state index in [0.717, 1.165) is 33.8 Å². The van der Waals surface area contributed by atoms with Crippen molar-refractivity contribution in [2.45, 2.75) is 34.1 Å². The van der Waals surface area contributed by atoms with Crippen molar-refractivity contribution in [3.63, 3.8) is 0 Å². The van der Waals surface area contributed by atoms with Crippen molar-refractivity contribution < 1.29 is 14.3 Å². The third kappa shape index (κ3) is 5.09. The molecule has 6 nitrogen and oxygen atoms in total. The van der Waals surface area contributed by atoms with Gasteiger partial charge in [0.2, 0.25) is 5.91 Å². The smallest absolute Gasteiger partial charge is 0.337 e. The standard InChI is InChI=1S/C25H27N3O3/c1-16-9-10-20(17(2)11-16)14-24(29)27-26-15-22-12-18(3)28(19(22)4)23-8-6-7-21(13-23)25(30)31-5/h6-13,15H,14H2,1-5H3,(H,27,29)/b26-15-. The zero-order valence-electron chi connectivity index (χ0n) is 18.5. The summed E-state index contributed by atoms with van der Waals surface area (Å²) in [7, 11) is 1.37. The van der Waals surface area contributed by atoms with Crippen LogP contribution in [0.25, 0.3) is 5.69 Å². The first kappa shape index (κ1) is 22.0. The summed E-state index contributed by atoms with van der Waals surface area (Å²) in [6.45, 7) is 7.98. The fourth-order valence-electron chi connectivity index (χ4n) is 3.64. The van der Waals surface area contributed by atoms with E-state index >= 15 is 0 Å². The highest BCUT2D eigenvalue weighted by Crippen LogP contribution is 2.21. The number of esters is 1. The number of nitrogens with one attached hydrogen (secondary N) is 1. The minimum atomic E-state index is -0.377. The third-order valence-corrected chi connectivity index (χ3v) is 5.24. The minimum Gasteiger partial charge on any atom is -0.465 e. The van der Waals surface area contributed by atoms with Gasteiger partial charge < -0.3 is 9.30 Å². The largest absolute Gasteiger partial charge is 0.465 e.